The number of hydrogen-bond acceptors (Lipinski definition) is 4. The molecule has 0 radical (unpaired) electrons. The third-order valence-electron chi connectivity index (χ3n) is 2.33. The molecule has 1 atom stereocenters. The van der Waals surface area contributed by atoms with Gasteiger partial charge in [-0.1, -0.05) is 30.3 Å². The van der Waals surface area contributed by atoms with E-state index < -0.39 is 0 Å². The predicted molar refractivity (Wildman–Crippen MR) is 69.3 cm³/mol. The summed E-state index contributed by atoms with van der Waals surface area (Å²) < 4.78 is 0. The van der Waals surface area contributed by atoms with Crippen LogP contribution in [0, 0.1) is 0 Å². The maximum atomic E-state index is 5.33. The molecule has 1 aromatic heterocycles. The highest BCUT2D eigenvalue weighted by molar-refractivity contribution is 5.75. The lowest BCUT2D eigenvalue weighted by Crippen LogP contribution is -2.28. The van der Waals surface area contributed by atoms with Gasteiger partial charge < -0.3 is 11.5 Å². The van der Waals surface area contributed by atoms with E-state index in [0.717, 1.165) is 11.3 Å². The van der Waals surface area contributed by atoms with Gasteiger partial charge in [0.1, 0.15) is 6.04 Å². The first-order valence-electron chi connectivity index (χ1n) is 5.42. The van der Waals surface area contributed by atoms with Crippen molar-refractivity contribution in [3.05, 3.63) is 60.2 Å². The number of hydrazone groups is 1. The average Bonchev–Trinajstić information content (AvgIpc) is 2.41. The Morgan fingerprint density at radius 3 is 2.56 bits per heavy atom. The number of nitrogens with zero attached hydrogens (tertiary/aromatic N) is 3. The van der Waals surface area contributed by atoms with Crippen molar-refractivity contribution in [3.8, 4) is 0 Å². The minimum Gasteiger partial charge on any atom is -0.369 e. The molecule has 2 aromatic rings. The van der Waals surface area contributed by atoms with Gasteiger partial charge in [0.15, 0.2) is 0 Å². The quantitative estimate of drug-likeness (QED) is 0.408. The molecule has 18 heavy (non-hydrogen) atoms. The van der Waals surface area contributed by atoms with E-state index in [9.17, 15) is 0 Å². The Bertz CT molecular complexity index is 467. The molecule has 0 bridgehead atoms. The van der Waals surface area contributed by atoms with Gasteiger partial charge in [0, 0.05) is 12.4 Å². The molecule has 0 aliphatic heterocycles. The first-order chi connectivity index (χ1) is 8.77. The number of nitrogens with two attached hydrogens (primary N) is 2. The van der Waals surface area contributed by atoms with Crippen LogP contribution in [0.3, 0.4) is 0 Å². The number of aromatic nitrogens is 2. The summed E-state index contributed by atoms with van der Waals surface area (Å²) >= 11 is 0. The molecule has 0 fully saturated rings. The fourth-order valence-corrected chi connectivity index (χ4v) is 1.56. The van der Waals surface area contributed by atoms with Gasteiger partial charge in [0.2, 0.25) is 5.96 Å². The van der Waals surface area contributed by atoms with Crippen molar-refractivity contribution in [2.45, 2.75) is 6.04 Å². The van der Waals surface area contributed by atoms with Gasteiger partial charge in [0.25, 0.3) is 0 Å². The van der Waals surface area contributed by atoms with Crippen molar-refractivity contribution in [1.82, 2.24) is 15.4 Å². The number of rotatable bonds is 4. The molecule has 6 heteroatoms. The molecule has 6 nitrogen and oxygen atoms in total. The third kappa shape index (κ3) is 2.94. The number of hydrogen-bond donors (Lipinski definition) is 3. The zero-order valence-electron chi connectivity index (χ0n) is 9.69. The van der Waals surface area contributed by atoms with Gasteiger partial charge in [-0.2, -0.15) is 0 Å². The highest BCUT2D eigenvalue weighted by Gasteiger charge is 2.14. The molecule has 1 unspecified atom stereocenters. The summed E-state index contributed by atoms with van der Waals surface area (Å²) in [5.74, 6) is -0.0279. The molecule has 5 N–H and O–H groups in total. The molecular weight excluding hydrogens is 228 g/mol. The van der Waals surface area contributed by atoms with E-state index in [-0.39, 0.29) is 12.0 Å². The highest BCUT2D eigenvalue weighted by atomic mass is 15.3. The smallest absolute Gasteiger partial charge is 0.208 e. The summed E-state index contributed by atoms with van der Waals surface area (Å²) in [4.78, 5) is 8.30. The number of nitrogens with one attached hydrogen (secondary N) is 1. The topological polar surface area (TPSA) is 102 Å². The van der Waals surface area contributed by atoms with Crippen LogP contribution in [0.25, 0.3) is 0 Å². The molecule has 0 aliphatic rings. The van der Waals surface area contributed by atoms with Gasteiger partial charge in [0.05, 0.1) is 11.9 Å². The number of guanidine groups is 1. The zero-order valence-corrected chi connectivity index (χ0v) is 9.69. The highest BCUT2D eigenvalue weighted by Crippen LogP contribution is 2.18. The van der Waals surface area contributed by atoms with E-state index in [1.165, 1.54) is 0 Å². The molecule has 1 aromatic carbocycles. The van der Waals surface area contributed by atoms with Crippen molar-refractivity contribution in [3.63, 3.8) is 0 Å². The molecule has 0 saturated carbocycles. The van der Waals surface area contributed by atoms with E-state index in [0.29, 0.717) is 0 Å². The van der Waals surface area contributed by atoms with Crippen LogP contribution >= 0.6 is 0 Å². The van der Waals surface area contributed by atoms with Crippen LogP contribution in [0.1, 0.15) is 17.3 Å². The summed E-state index contributed by atoms with van der Waals surface area (Å²) in [6.45, 7) is 0. The summed E-state index contributed by atoms with van der Waals surface area (Å²) in [5.41, 5.74) is 15.3. The Morgan fingerprint density at radius 1 is 1.17 bits per heavy atom. The summed E-state index contributed by atoms with van der Waals surface area (Å²) in [7, 11) is 0. The number of benzene rings is 1. The van der Waals surface area contributed by atoms with Crippen LogP contribution in [0.4, 0.5) is 0 Å². The van der Waals surface area contributed by atoms with Crippen LogP contribution in [0.15, 0.2) is 54.0 Å². The van der Waals surface area contributed by atoms with Gasteiger partial charge in [-0.3, -0.25) is 15.4 Å². The Hall–Kier alpha value is -2.63. The summed E-state index contributed by atoms with van der Waals surface area (Å²) in [6.07, 6.45) is 4.92. The minimum atomic E-state index is -0.234. The van der Waals surface area contributed by atoms with E-state index in [1.54, 1.807) is 18.6 Å². The van der Waals surface area contributed by atoms with Crippen LogP contribution in [0.5, 0.6) is 0 Å². The van der Waals surface area contributed by atoms with Crippen LogP contribution in [0.2, 0.25) is 0 Å². The maximum absolute atomic E-state index is 5.33. The lowest BCUT2D eigenvalue weighted by Gasteiger charge is -2.16. The van der Waals surface area contributed by atoms with E-state index >= 15 is 0 Å². The second kappa shape index (κ2) is 5.62. The first kappa shape index (κ1) is 11.8. The molecule has 0 amide bonds. The largest absolute Gasteiger partial charge is 0.369 e. The van der Waals surface area contributed by atoms with Crippen molar-refractivity contribution >= 4 is 5.96 Å². The van der Waals surface area contributed by atoms with Crippen LogP contribution in [-0.4, -0.2) is 15.9 Å². The Kier molecular flexibility index (Phi) is 3.70. The third-order valence-corrected chi connectivity index (χ3v) is 2.33. The Morgan fingerprint density at radius 2 is 1.94 bits per heavy atom. The van der Waals surface area contributed by atoms with Gasteiger partial charge in [-0.25, -0.2) is 0 Å². The second-order valence-electron chi connectivity index (χ2n) is 3.64. The predicted octanol–water partition coefficient (Wildman–Crippen LogP) is 0.344. The van der Waals surface area contributed by atoms with Crippen molar-refractivity contribution in [1.29, 1.82) is 0 Å². The molecule has 92 valence electrons. The van der Waals surface area contributed by atoms with Crippen molar-refractivity contribution in [2.24, 2.45) is 16.6 Å². The zero-order chi connectivity index (χ0) is 12.8. The van der Waals surface area contributed by atoms with Crippen molar-refractivity contribution in [2.75, 3.05) is 0 Å². The van der Waals surface area contributed by atoms with E-state index in [2.05, 4.69) is 20.5 Å². The first-order valence-corrected chi connectivity index (χ1v) is 5.42. The van der Waals surface area contributed by atoms with Crippen LogP contribution < -0.4 is 16.9 Å². The minimum absolute atomic E-state index is 0.0279. The molecule has 0 spiro atoms. The van der Waals surface area contributed by atoms with Gasteiger partial charge in [-0.05, 0) is 5.56 Å². The molecule has 0 aliphatic carbocycles. The SMILES string of the molecule is NC(N)=NNC(c1ccccc1)c1cnccn1. The van der Waals surface area contributed by atoms with E-state index in [1.807, 2.05) is 30.3 Å². The summed E-state index contributed by atoms with van der Waals surface area (Å²) in [5, 5.41) is 3.83. The molecule has 1 heterocycles. The second-order valence-corrected chi connectivity index (χ2v) is 3.64. The maximum Gasteiger partial charge on any atom is 0.208 e. The lowest BCUT2D eigenvalue weighted by molar-refractivity contribution is 0.619. The molecule has 2 rings (SSSR count). The lowest BCUT2D eigenvalue weighted by atomic mass is 10.1. The molecule has 0 saturated heterocycles. The van der Waals surface area contributed by atoms with Gasteiger partial charge >= 0.3 is 0 Å². The molecular formula is C12H14N6. The average molecular weight is 242 g/mol. The van der Waals surface area contributed by atoms with Crippen molar-refractivity contribution < 1.29 is 0 Å². The standard InChI is InChI=1S/C12H14N6/c13-12(14)18-17-11(9-4-2-1-3-5-9)10-8-15-6-7-16-10/h1-8,11,17H,(H4,13,14,18). The normalized spacial score (nSPS) is 11.6. The monoisotopic (exact) mass is 242 g/mol. The fraction of sp³-hybridized carbons (Fsp3) is 0.0833. The summed E-state index contributed by atoms with van der Waals surface area (Å²) in [6, 6.07) is 9.52. The fourth-order valence-electron chi connectivity index (χ4n) is 1.56. The Labute approximate surface area is 105 Å². The van der Waals surface area contributed by atoms with E-state index in [4.69, 9.17) is 11.5 Å². The van der Waals surface area contributed by atoms with Crippen LogP contribution in [-0.2, 0) is 0 Å². The van der Waals surface area contributed by atoms with Gasteiger partial charge in [-0.15, -0.1) is 5.10 Å². The Balaban J connectivity index is 2.32.